The molecule has 0 fully saturated rings. The van der Waals surface area contributed by atoms with Crippen molar-refractivity contribution in [1.82, 2.24) is 0 Å². The zero-order valence-corrected chi connectivity index (χ0v) is 5.31. The molecule has 0 saturated carbocycles. The third-order valence-electron chi connectivity index (χ3n) is 0.789. The van der Waals surface area contributed by atoms with E-state index in [1.807, 2.05) is 0 Å². The Morgan fingerprint density at radius 2 is 0.800 bits per heavy atom. The molecule has 1 aliphatic carbocycles. The highest BCUT2D eigenvalue weighted by molar-refractivity contribution is 5.30. The summed E-state index contributed by atoms with van der Waals surface area (Å²) in [5.74, 6) is 10.9. The zero-order chi connectivity index (χ0) is 7.07. The summed E-state index contributed by atoms with van der Waals surface area (Å²) in [7, 11) is 0. The van der Waals surface area contributed by atoms with Crippen LogP contribution in [0.2, 0.25) is 0 Å². The van der Waals surface area contributed by atoms with Crippen LogP contribution in [-0.2, 0) is 0 Å². The van der Waals surface area contributed by atoms with E-state index in [9.17, 15) is 0 Å². The minimum absolute atomic E-state index is 1.62. The van der Waals surface area contributed by atoms with Crippen molar-refractivity contribution >= 4 is 0 Å². The fraction of sp³-hybridized carbons (Fsp3) is 0. The Morgan fingerprint density at radius 3 is 1.10 bits per heavy atom. The standard InChI is InChI=1S/C10H4/c1-2-4-6-8-10-9-7-5-3-1/h1,4,7,10H. The van der Waals surface area contributed by atoms with Crippen LogP contribution in [0.25, 0.3) is 0 Å². The minimum Gasteiger partial charge on any atom is -0.103 e. The van der Waals surface area contributed by atoms with Crippen LogP contribution in [0.4, 0.5) is 0 Å². The molecule has 0 radical (unpaired) electrons. The number of allylic oxidation sites excluding steroid dienone is 2. The largest absolute Gasteiger partial charge is 0.103 e. The molecule has 1 rings (SSSR count). The molecule has 0 aromatic heterocycles. The Bertz CT molecular complexity index is 284. The Labute approximate surface area is 60.3 Å². The van der Waals surface area contributed by atoms with Gasteiger partial charge in [-0.25, -0.2) is 0 Å². The quantitative estimate of drug-likeness (QED) is 0.338. The lowest BCUT2D eigenvalue weighted by molar-refractivity contribution is 2.04. The van der Waals surface area contributed by atoms with Crippen LogP contribution in [0.1, 0.15) is 0 Å². The van der Waals surface area contributed by atoms with Gasteiger partial charge in [0.05, 0.1) is 0 Å². The first-order chi connectivity index (χ1) is 5.00. The average Bonchev–Trinajstić information content (AvgIpc) is 2.01. The summed E-state index contributed by atoms with van der Waals surface area (Å²) < 4.78 is 0. The molecule has 0 aliphatic heterocycles. The molecule has 44 valence electrons. The first-order valence-electron chi connectivity index (χ1n) is 2.81. The van der Waals surface area contributed by atoms with Gasteiger partial charge in [-0.1, -0.05) is 23.7 Å². The van der Waals surface area contributed by atoms with Crippen molar-refractivity contribution in [2.24, 2.45) is 0 Å². The summed E-state index contributed by atoms with van der Waals surface area (Å²) in [5, 5.41) is 0. The molecule has 0 aromatic carbocycles. The smallest absolute Gasteiger partial charge is 0.0312 e. The highest BCUT2D eigenvalue weighted by Gasteiger charge is 1.58. The molecule has 10 heavy (non-hydrogen) atoms. The van der Waals surface area contributed by atoms with Crippen molar-refractivity contribution in [2.45, 2.75) is 0 Å². The Kier molecular flexibility index (Phi) is 2.56. The maximum atomic E-state index is 2.79. The molecule has 0 nitrogen and oxygen atoms in total. The Hall–Kier alpha value is -1.84. The molecule has 0 aromatic rings. The molecule has 1 aliphatic rings. The summed E-state index contributed by atoms with van der Waals surface area (Å²) in [6.07, 6.45) is 6.49. The van der Waals surface area contributed by atoms with Crippen LogP contribution in [0, 0.1) is 23.7 Å². The summed E-state index contributed by atoms with van der Waals surface area (Å²) in [5.41, 5.74) is 5.58. The van der Waals surface area contributed by atoms with Gasteiger partial charge in [0.1, 0.15) is 0 Å². The van der Waals surface area contributed by atoms with Crippen LogP contribution >= 0.6 is 0 Å². The molecule has 0 amide bonds. The lowest BCUT2D eigenvalue weighted by atomic mass is 10.4. The van der Waals surface area contributed by atoms with Crippen LogP contribution in [0.15, 0.2) is 35.8 Å². The maximum Gasteiger partial charge on any atom is 0.0312 e. The topological polar surface area (TPSA) is 0 Å². The Balaban J connectivity index is 3.00. The second-order valence-electron chi connectivity index (χ2n) is 1.49. The van der Waals surface area contributed by atoms with E-state index in [1.54, 1.807) is 24.3 Å². The highest BCUT2D eigenvalue weighted by atomic mass is 13.6. The van der Waals surface area contributed by atoms with Gasteiger partial charge in [-0.2, -0.15) is 0 Å². The Morgan fingerprint density at radius 1 is 0.500 bits per heavy atom. The molecule has 0 spiro atoms. The summed E-state index contributed by atoms with van der Waals surface area (Å²) in [4.78, 5) is 0. The van der Waals surface area contributed by atoms with E-state index < -0.39 is 0 Å². The van der Waals surface area contributed by atoms with Crippen molar-refractivity contribution < 1.29 is 0 Å². The molecule has 0 bridgehead atoms. The third kappa shape index (κ3) is 2.46. The molecule has 0 heterocycles. The van der Waals surface area contributed by atoms with Crippen molar-refractivity contribution in [2.75, 3.05) is 0 Å². The van der Waals surface area contributed by atoms with E-state index >= 15 is 0 Å². The zero-order valence-electron chi connectivity index (χ0n) is 5.31. The molecular formula is C10H4. The van der Waals surface area contributed by atoms with Gasteiger partial charge in [-0.05, 0) is 0 Å². The van der Waals surface area contributed by atoms with Gasteiger partial charge in [-0.3, -0.25) is 0 Å². The molecule has 0 unspecified atom stereocenters. The number of rotatable bonds is 0. The SMILES string of the molecule is C1=CC#CC=C=CC#CC=1. The monoisotopic (exact) mass is 124 g/mol. The maximum absolute atomic E-state index is 2.79. The van der Waals surface area contributed by atoms with Gasteiger partial charge < -0.3 is 0 Å². The van der Waals surface area contributed by atoms with Crippen molar-refractivity contribution in [3.05, 3.63) is 35.8 Å². The van der Waals surface area contributed by atoms with E-state index in [-0.39, 0.29) is 0 Å². The van der Waals surface area contributed by atoms with Gasteiger partial charge in [0.25, 0.3) is 0 Å². The van der Waals surface area contributed by atoms with E-state index in [4.69, 9.17) is 0 Å². The summed E-state index contributed by atoms with van der Waals surface area (Å²) in [6.45, 7) is 0. The fourth-order valence-corrected chi connectivity index (χ4v) is 0.417. The normalized spacial score (nSPS) is 11.2. The number of hydrogen-bond donors (Lipinski definition) is 0. The van der Waals surface area contributed by atoms with E-state index in [0.29, 0.717) is 0 Å². The van der Waals surface area contributed by atoms with Crippen LogP contribution in [0.3, 0.4) is 0 Å². The predicted molar refractivity (Wildman–Crippen MR) is 40.9 cm³/mol. The van der Waals surface area contributed by atoms with Crippen molar-refractivity contribution in [3.63, 3.8) is 0 Å². The van der Waals surface area contributed by atoms with E-state index in [0.717, 1.165) is 0 Å². The second-order valence-corrected chi connectivity index (χ2v) is 1.49. The highest BCUT2D eigenvalue weighted by Crippen LogP contribution is 1.70. The average molecular weight is 124 g/mol. The van der Waals surface area contributed by atoms with Gasteiger partial charge >= 0.3 is 0 Å². The third-order valence-corrected chi connectivity index (χ3v) is 0.789. The predicted octanol–water partition coefficient (Wildman–Crippen LogP) is 1.43. The van der Waals surface area contributed by atoms with Crippen molar-refractivity contribution in [3.8, 4) is 23.7 Å². The molecule has 0 atom stereocenters. The fourth-order valence-electron chi connectivity index (χ4n) is 0.417. The summed E-state index contributed by atoms with van der Waals surface area (Å²) >= 11 is 0. The molecule has 0 N–H and O–H groups in total. The summed E-state index contributed by atoms with van der Waals surface area (Å²) in [6, 6.07) is 0. The first kappa shape index (κ1) is 6.28. The van der Waals surface area contributed by atoms with Crippen LogP contribution < -0.4 is 0 Å². The lowest BCUT2D eigenvalue weighted by Crippen LogP contribution is -1.51. The van der Waals surface area contributed by atoms with Crippen LogP contribution in [0.5, 0.6) is 0 Å². The van der Waals surface area contributed by atoms with E-state index in [2.05, 4.69) is 35.1 Å². The molecular weight excluding hydrogens is 120 g/mol. The van der Waals surface area contributed by atoms with Gasteiger partial charge in [0.15, 0.2) is 0 Å². The van der Waals surface area contributed by atoms with Gasteiger partial charge in [0.2, 0.25) is 0 Å². The first-order valence-corrected chi connectivity index (χ1v) is 2.81. The van der Waals surface area contributed by atoms with Gasteiger partial charge in [0, 0.05) is 24.3 Å². The molecule has 0 heteroatoms. The lowest BCUT2D eigenvalue weighted by Gasteiger charge is -1.63. The van der Waals surface area contributed by atoms with Crippen molar-refractivity contribution in [1.29, 1.82) is 0 Å². The van der Waals surface area contributed by atoms with Crippen LogP contribution in [-0.4, -0.2) is 0 Å². The second kappa shape index (κ2) is 4.08. The minimum atomic E-state index is 1.62. The van der Waals surface area contributed by atoms with Gasteiger partial charge in [-0.15, -0.1) is 11.5 Å². The van der Waals surface area contributed by atoms with E-state index in [1.165, 1.54) is 0 Å². The number of hydrogen-bond acceptors (Lipinski definition) is 0. The molecule has 0 saturated heterocycles.